The summed E-state index contributed by atoms with van der Waals surface area (Å²) in [5.41, 5.74) is 7.35. The standard InChI is InChI=1S/C19H37N3.ClH/c1-3-5-7-9-10-11-12-14-16-22-18(17-21-19(22)20)15-13-8-6-4-2;/h17H,3-16H2,1-2H3,(H2,20,21);1H. The van der Waals surface area contributed by atoms with E-state index in [9.17, 15) is 0 Å². The quantitative estimate of drug-likeness (QED) is 0.411. The largest absolute Gasteiger partial charge is 0.369 e. The number of nitrogen functional groups attached to an aromatic ring is 1. The Balaban J connectivity index is 0.00000484. The predicted molar refractivity (Wildman–Crippen MR) is 104 cm³/mol. The monoisotopic (exact) mass is 343 g/mol. The van der Waals surface area contributed by atoms with Gasteiger partial charge in [0.05, 0.1) is 6.20 Å². The van der Waals surface area contributed by atoms with Crippen molar-refractivity contribution in [2.24, 2.45) is 0 Å². The van der Waals surface area contributed by atoms with Crippen LogP contribution < -0.4 is 5.73 Å². The summed E-state index contributed by atoms with van der Waals surface area (Å²) in [5, 5.41) is 0. The summed E-state index contributed by atoms with van der Waals surface area (Å²) in [6.07, 6.45) is 19.2. The molecule has 0 radical (unpaired) electrons. The molecule has 0 saturated heterocycles. The van der Waals surface area contributed by atoms with Crippen LogP contribution in [0.4, 0.5) is 5.95 Å². The molecule has 136 valence electrons. The molecular weight excluding hydrogens is 306 g/mol. The topological polar surface area (TPSA) is 43.8 Å². The van der Waals surface area contributed by atoms with Gasteiger partial charge in [-0.3, -0.25) is 0 Å². The van der Waals surface area contributed by atoms with Gasteiger partial charge in [-0.2, -0.15) is 0 Å². The number of rotatable bonds is 14. The maximum Gasteiger partial charge on any atom is 0.200 e. The first-order valence-electron chi connectivity index (χ1n) is 9.59. The van der Waals surface area contributed by atoms with Gasteiger partial charge < -0.3 is 10.3 Å². The summed E-state index contributed by atoms with van der Waals surface area (Å²) >= 11 is 0. The molecule has 0 aliphatic carbocycles. The number of imidazole rings is 1. The maximum atomic E-state index is 6.02. The van der Waals surface area contributed by atoms with Gasteiger partial charge in [-0.05, 0) is 19.3 Å². The fourth-order valence-corrected chi connectivity index (χ4v) is 3.02. The van der Waals surface area contributed by atoms with Crippen molar-refractivity contribution >= 4 is 18.4 Å². The van der Waals surface area contributed by atoms with Crippen LogP contribution >= 0.6 is 12.4 Å². The van der Waals surface area contributed by atoms with Crippen LogP contribution in [0.15, 0.2) is 6.20 Å². The average molecular weight is 344 g/mol. The first-order chi connectivity index (χ1) is 10.8. The SMILES string of the molecule is CCCCCCCCCCn1c(CCCCCC)cnc1N.Cl. The number of aryl methyl sites for hydroxylation is 1. The van der Waals surface area contributed by atoms with E-state index in [2.05, 4.69) is 23.4 Å². The second-order valence-electron chi connectivity index (χ2n) is 6.54. The average Bonchev–Trinajstić information content (AvgIpc) is 2.87. The molecule has 2 N–H and O–H groups in total. The summed E-state index contributed by atoms with van der Waals surface area (Å²) in [6.45, 7) is 5.57. The molecular formula is C19H38ClN3. The third-order valence-corrected chi connectivity index (χ3v) is 4.49. The summed E-state index contributed by atoms with van der Waals surface area (Å²) in [6, 6.07) is 0. The molecule has 1 rings (SSSR count). The molecule has 3 nitrogen and oxygen atoms in total. The molecule has 0 saturated carbocycles. The lowest BCUT2D eigenvalue weighted by molar-refractivity contribution is 0.535. The number of unbranched alkanes of at least 4 members (excludes halogenated alkanes) is 10. The molecule has 4 heteroatoms. The highest BCUT2D eigenvalue weighted by molar-refractivity contribution is 5.85. The van der Waals surface area contributed by atoms with Crippen molar-refractivity contribution in [2.45, 2.75) is 104 Å². The minimum absolute atomic E-state index is 0. The second kappa shape index (κ2) is 14.9. The van der Waals surface area contributed by atoms with Crippen LogP contribution in [0, 0.1) is 0 Å². The Morgan fingerprint density at radius 3 is 1.96 bits per heavy atom. The molecule has 0 fully saturated rings. The fourth-order valence-electron chi connectivity index (χ4n) is 3.02. The lowest BCUT2D eigenvalue weighted by Crippen LogP contribution is -2.07. The van der Waals surface area contributed by atoms with Crippen molar-refractivity contribution in [1.29, 1.82) is 0 Å². The Morgan fingerprint density at radius 1 is 0.826 bits per heavy atom. The van der Waals surface area contributed by atoms with Crippen LogP contribution in [-0.4, -0.2) is 9.55 Å². The number of anilines is 1. The summed E-state index contributed by atoms with van der Waals surface area (Å²) in [7, 11) is 0. The molecule has 1 aromatic rings. The van der Waals surface area contributed by atoms with E-state index in [-0.39, 0.29) is 12.4 Å². The number of aromatic nitrogens is 2. The van der Waals surface area contributed by atoms with Crippen LogP contribution in [0.3, 0.4) is 0 Å². The van der Waals surface area contributed by atoms with Gasteiger partial charge in [-0.25, -0.2) is 4.98 Å². The Labute approximate surface area is 149 Å². The van der Waals surface area contributed by atoms with Gasteiger partial charge in [0, 0.05) is 12.2 Å². The molecule has 1 aromatic heterocycles. The van der Waals surface area contributed by atoms with Crippen LogP contribution in [0.2, 0.25) is 0 Å². The highest BCUT2D eigenvalue weighted by Crippen LogP contribution is 2.15. The zero-order valence-electron chi connectivity index (χ0n) is 15.4. The third-order valence-electron chi connectivity index (χ3n) is 4.49. The van der Waals surface area contributed by atoms with E-state index in [1.54, 1.807) is 0 Å². The summed E-state index contributed by atoms with van der Waals surface area (Å²) in [5.74, 6) is 0.702. The summed E-state index contributed by atoms with van der Waals surface area (Å²) < 4.78 is 2.24. The summed E-state index contributed by atoms with van der Waals surface area (Å²) in [4.78, 5) is 4.31. The lowest BCUT2D eigenvalue weighted by atomic mass is 10.1. The van der Waals surface area contributed by atoms with Gasteiger partial charge in [-0.15, -0.1) is 12.4 Å². The maximum absolute atomic E-state index is 6.02. The Kier molecular flexibility index (Phi) is 14.4. The van der Waals surface area contributed by atoms with Crippen molar-refractivity contribution < 1.29 is 0 Å². The Morgan fingerprint density at radius 2 is 1.35 bits per heavy atom. The highest BCUT2D eigenvalue weighted by atomic mass is 35.5. The van der Waals surface area contributed by atoms with E-state index < -0.39 is 0 Å². The Hall–Kier alpha value is -0.700. The van der Waals surface area contributed by atoms with Crippen LogP contribution in [0.1, 0.15) is 96.6 Å². The molecule has 23 heavy (non-hydrogen) atoms. The van der Waals surface area contributed by atoms with Crippen molar-refractivity contribution in [3.05, 3.63) is 11.9 Å². The second-order valence-corrected chi connectivity index (χ2v) is 6.54. The van der Waals surface area contributed by atoms with E-state index in [4.69, 9.17) is 5.73 Å². The van der Waals surface area contributed by atoms with E-state index in [0.717, 1.165) is 13.0 Å². The molecule has 0 atom stereocenters. The van der Waals surface area contributed by atoms with Gasteiger partial charge in [0.25, 0.3) is 0 Å². The molecule has 0 amide bonds. The first kappa shape index (κ1) is 22.3. The van der Waals surface area contributed by atoms with Crippen molar-refractivity contribution in [3.63, 3.8) is 0 Å². The first-order valence-corrected chi connectivity index (χ1v) is 9.59. The third kappa shape index (κ3) is 9.91. The van der Waals surface area contributed by atoms with Crippen molar-refractivity contribution in [2.75, 3.05) is 5.73 Å². The molecule has 0 unspecified atom stereocenters. The van der Waals surface area contributed by atoms with E-state index in [1.807, 2.05) is 6.20 Å². The van der Waals surface area contributed by atoms with Gasteiger partial charge in [0.2, 0.25) is 0 Å². The number of halogens is 1. The van der Waals surface area contributed by atoms with Crippen molar-refractivity contribution in [3.8, 4) is 0 Å². The predicted octanol–water partition coefficient (Wildman–Crippen LogP) is 6.15. The molecule has 1 heterocycles. The lowest BCUT2D eigenvalue weighted by Gasteiger charge is -2.10. The molecule has 0 bridgehead atoms. The molecule has 0 aliphatic rings. The number of nitrogens with two attached hydrogens (primary N) is 1. The zero-order chi connectivity index (χ0) is 16.0. The fraction of sp³-hybridized carbons (Fsp3) is 0.842. The van der Waals surface area contributed by atoms with Gasteiger partial charge in [0.1, 0.15) is 0 Å². The molecule has 0 aliphatic heterocycles. The van der Waals surface area contributed by atoms with Crippen molar-refractivity contribution in [1.82, 2.24) is 9.55 Å². The van der Waals surface area contributed by atoms with Gasteiger partial charge in [0.15, 0.2) is 5.95 Å². The van der Waals surface area contributed by atoms with Crippen LogP contribution in [0.5, 0.6) is 0 Å². The zero-order valence-corrected chi connectivity index (χ0v) is 16.2. The number of hydrogen-bond acceptors (Lipinski definition) is 2. The Bertz CT molecular complexity index is 377. The molecule has 0 aromatic carbocycles. The van der Waals surface area contributed by atoms with Gasteiger partial charge >= 0.3 is 0 Å². The molecule has 0 spiro atoms. The minimum atomic E-state index is 0. The van der Waals surface area contributed by atoms with Gasteiger partial charge in [-0.1, -0.05) is 78.1 Å². The normalized spacial score (nSPS) is 10.7. The van der Waals surface area contributed by atoms with E-state index in [1.165, 1.54) is 82.7 Å². The van der Waals surface area contributed by atoms with Crippen LogP contribution in [0.25, 0.3) is 0 Å². The minimum Gasteiger partial charge on any atom is -0.369 e. The number of nitrogens with zero attached hydrogens (tertiary/aromatic N) is 2. The van der Waals surface area contributed by atoms with E-state index >= 15 is 0 Å². The van der Waals surface area contributed by atoms with E-state index in [0.29, 0.717) is 5.95 Å². The number of hydrogen-bond donors (Lipinski definition) is 1. The van der Waals surface area contributed by atoms with Crippen LogP contribution in [-0.2, 0) is 13.0 Å². The highest BCUT2D eigenvalue weighted by Gasteiger charge is 2.06. The smallest absolute Gasteiger partial charge is 0.200 e.